The number of rotatable bonds is 5. The highest BCUT2D eigenvalue weighted by Crippen LogP contribution is 2.23. The first-order valence-electron chi connectivity index (χ1n) is 7.64. The predicted octanol–water partition coefficient (Wildman–Crippen LogP) is 2.77. The van der Waals surface area contributed by atoms with Crippen LogP contribution in [0.1, 0.15) is 6.92 Å². The van der Waals surface area contributed by atoms with Crippen LogP contribution in [0.3, 0.4) is 0 Å². The summed E-state index contributed by atoms with van der Waals surface area (Å²) in [5, 5.41) is 0.264. The molecule has 1 aromatic heterocycles. The zero-order valence-electron chi connectivity index (χ0n) is 13.8. The van der Waals surface area contributed by atoms with Gasteiger partial charge in [-0.2, -0.15) is 0 Å². The number of pyridine rings is 1. The van der Waals surface area contributed by atoms with Gasteiger partial charge < -0.3 is 14.5 Å². The molecular formula is C18H17NO5S. The number of sulfone groups is 1. The molecule has 0 unspecified atom stereocenters. The fourth-order valence-corrected chi connectivity index (χ4v) is 3.83. The van der Waals surface area contributed by atoms with Crippen LogP contribution in [0.5, 0.6) is 11.5 Å². The van der Waals surface area contributed by atoms with E-state index in [0.717, 1.165) is 0 Å². The molecule has 0 aliphatic heterocycles. The number of methoxy groups -OCH3 is 1. The molecule has 0 fully saturated rings. The van der Waals surface area contributed by atoms with Crippen molar-refractivity contribution in [2.24, 2.45) is 0 Å². The number of aromatic nitrogens is 1. The van der Waals surface area contributed by atoms with Crippen molar-refractivity contribution in [3.05, 3.63) is 58.9 Å². The third kappa shape index (κ3) is 3.10. The first-order chi connectivity index (χ1) is 12.0. The molecule has 1 N–H and O–H groups in total. The molecule has 7 heteroatoms. The van der Waals surface area contributed by atoms with Crippen molar-refractivity contribution in [1.82, 2.24) is 4.98 Å². The van der Waals surface area contributed by atoms with E-state index < -0.39 is 15.3 Å². The molecule has 0 aliphatic carbocycles. The Labute approximate surface area is 144 Å². The minimum absolute atomic E-state index is 0.0270. The van der Waals surface area contributed by atoms with Crippen LogP contribution < -0.4 is 14.9 Å². The van der Waals surface area contributed by atoms with Crippen LogP contribution in [0.25, 0.3) is 10.9 Å². The molecule has 0 spiro atoms. The van der Waals surface area contributed by atoms with E-state index in [-0.39, 0.29) is 15.2 Å². The van der Waals surface area contributed by atoms with Gasteiger partial charge >= 0.3 is 0 Å². The van der Waals surface area contributed by atoms with Gasteiger partial charge in [0.25, 0.3) is 0 Å². The monoisotopic (exact) mass is 359 g/mol. The van der Waals surface area contributed by atoms with Gasteiger partial charge in [0.15, 0.2) is 0 Å². The van der Waals surface area contributed by atoms with Crippen molar-refractivity contribution in [1.29, 1.82) is 0 Å². The van der Waals surface area contributed by atoms with Gasteiger partial charge in [0.05, 0.1) is 24.0 Å². The molecule has 3 rings (SSSR count). The Balaban J connectivity index is 2.16. The number of nitrogens with one attached hydrogen (secondary N) is 1. The minimum atomic E-state index is -3.95. The highest BCUT2D eigenvalue weighted by atomic mass is 32.2. The standard InChI is InChI=1S/C18H17NO5S/c1-3-24-13-6-9-16-15(10-13)18(20)17(11-19-16)25(21,22)14-7-4-12(23-2)5-8-14/h4-11H,3H2,1-2H3,(H,19,20). The van der Waals surface area contributed by atoms with Crippen molar-refractivity contribution in [2.45, 2.75) is 16.7 Å². The van der Waals surface area contributed by atoms with Crippen LogP contribution in [-0.4, -0.2) is 27.1 Å². The summed E-state index contributed by atoms with van der Waals surface area (Å²) in [4.78, 5) is 15.3. The molecule has 0 aliphatic rings. The summed E-state index contributed by atoms with van der Waals surface area (Å²) >= 11 is 0. The Morgan fingerprint density at radius 3 is 2.36 bits per heavy atom. The van der Waals surface area contributed by atoms with E-state index in [4.69, 9.17) is 9.47 Å². The van der Waals surface area contributed by atoms with E-state index in [1.165, 1.54) is 37.6 Å². The second-order valence-electron chi connectivity index (χ2n) is 5.30. The van der Waals surface area contributed by atoms with E-state index in [9.17, 15) is 13.2 Å². The molecule has 0 amide bonds. The molecule has 1 heterocycles. The average molecular weight is 359 g/mol. The molecule has 2 aromatic carbocycles. The number of hydrogen-bond acceptors (Lipinski definition) is 5. The summed E-state index contributed by atoms with van der Waals surface area (Å²) in [7, 11) is -2.46. The largest absolute Gasteiger partial charge is 0.497 e. The number of benzene rings is 2. The van der Waals surface area contributed by atoms with Crippen molar-refractivity contribution in [3.8, 4) is 11.5 Å². The van der Waals surface area contributed by atoms with Gasteiger partial charge in [0.2, 0.25) is 15.3 Å². The Morgan fingerprint density at radius 1 is 1.04 bits per heavy atom. The lowest BCUT2D eigenvalue weighted by atomic mass is 10.2. The van der Waals surface area contributed by atoms with E-state index >= 15 is 0 Å². The van der Waals surface area contributed by atoms with Crippen LogP contribution in [0.4, 0.5) is 0 Å². The smallest absolute Gasteiger partial charge is 0.211 e. The molecule has 25 heavy (non-hydrogen) atoms. The van der Waals surface area contributed by atoms with Crippen molar-refractivity contribution < 1.29 is 17.9 Å². The maximum Gasteiger partial charge on any atom is 0.211 e. The third-order valence-corrected chi connectivity index (χ3v) is 5.56. The summed E-state index contributed by atoms with van der Waals surface area (Å²) in [5.41, 5.74) is -0.0201. The summed E-state index contributed by atoms with van der Waals surface area (Å²) in [6, 6.07) is 10.9. The van der Waals surface area contributed by atoms with Crippen molar-refractivity contribution in [2.75, 3.05) is 13.7 Å². The molecule has 130 valence electrons. The summed E-state index contributed by atoms with van der Waals surface area (Å²) in [6.45, 7) is 2.28. The first kappa shape index (κ1) is 17.0. The average Bonchev–Trinajstić information content (AvgIpc) is 2.62. The van der Waals surface area contributed by atoms with E-state index in [2.05, 4.69) is 4.98 Å². The lowest BCUT2D eigenvalue weighted by Crippen LogP contribution is -2.16. The van der Waals surface area contributed by atoms with Crippen molar-refractivity contribution in [3.63, 3.8) is 0 Å². The number of ether oxygens (including phenoxy) is 2. The number of aromatic amines is 1. The van der Waals surface area contributed by atoms with Crippen LogP contribution in [0.15, 0.2) is 63.2 Å². The fraction of sp³-hybridized carbons (Fsp3) is 0.167. The van der Waals surface area contributed by atoms with Gasteiger partial charge in [0, 0.05) is 11.7 Å². The highest BCUT2D eigenvalue weighted by molar-refractivity contribution is 7.91. The number of H-pyrrole nitrogens is 1. The lowest BCUT2D eigenvalue weighted by Gasteiger charge is -2.08. The van der Waals surface area contributed by atoms with E-state index in [1.54, 1.807) is 18.2 Å². The fourth-order valence-electron chi connectivity index (χ4n) is 2.52. The Hall–Kier alpha value is -2.80. The Bertz CT molecular complexity index is 1070. The summed E-state index contributed by atoms with van der Waals surface area (Å²) < 4.78 is 36.0. The number of fused-ring (bicyclic) bond motifs is 1. The normalized spacial score (nSPS) is 11.4. The van der Waals surface area contributed by atoms with Crippen LogP contribution in [0.2, 0.25) is 0 Å². The third-order valence-electron chi connectivity index (χ3n) is 3.79. The molecular weight excluding hydrogens is 342 g/mol. The molecule has 0 atom stereocenters. The Morgan fingerprint density at radius 2 is 1.72 bits per heavy atom. The second kappa shape index (κ2) is 6.60. The van der Waals surface area contributed by atoms with Crippen LogP contribution in [-0.2, 0) is 9.84 Å². The maximum atomic E-state index is 12.8. The summed E-state index contributed by atoms with van der Waals surface area (Å²) in [5.74, 6) is 1.05. The molecule has 6 nitrogen and oxygen atoms in total. The highest BCUT2D eigenvalue weighted by Gasteiger charge is 2.22. The predicted molar refractivity (Wildman–Crippen MR) is 94.2 cm³/mol. The number of hydrogen-bond donors (Lipinski definition) is 1. The molecule has 0 radical (unpaired) electrons. The molecule has 0 bridgehead atoms. The van der Waals surface area contributed by atoms with Crippen LogP contribution >= 0.6 is 0 Å². The quantitative estimate of drug-likeness (QED) is 0.757. The van der Waals surface area contributed by atoms with Gasteiger partial charge in [-0.25, -0.2) is 8.42 Å². The lowest BCUT2D eigenvalue weighted by molar-refractivity contribution is 0.340. The van der Waals surface area contributed by atoms with Gasteiger partial charge in [-0.15, -0.1) is 0 Å². The second-order valence-corrected chi connectivity index (χ2v) is 7.22. The van der Waals surface area contributed by atoms with Gasteiger partial charge in [-0.1, -0.05) is 0 Å². The zero-order valence-corrected chi connectivity index (χ0v) is 14.6. The molecule has 0 saturated carbocycles. The van der Waals surface area contributed by atoms with Gasteiger partial charge in [-0.3, -0.25) is 4.79 Å². The maximum absolute atomic E-state index is 12.8. The van der Waals surface area contributed by atoms with E-state index in [1.807, 2.05) is 6.92 Å². The van der Waals surface area contributed by atoms with Gasteiger partial charge in [0.1, 0.15) is 16.4 Å². The summed E-state index contributed by atoms with van der Waals surface area (Å²) in [6.07, 6.45) is 1.23. The zero-order chi connectivity index (χ0) is 18.0. The first-order valence-corrected chi connectivity index (χ1v) is 9.13. The van der Waals surface area contributed by atoms with E-state index in [0.29, 0.717) is 23.6 Å². The van der Waals surface area contributed by atoms with Gasteiger partial charge in [-0.05, 0) is 49.4 Å². The Kier molecular flexibility index (Phi) is 4.50. The molecule has 0 saturated heterocycles. The topological polar surface area (TPSA) is 85.5 Å². The van der Waals surface area contributed by atoms with Crippen LogP contribution in [0, 0.1) is 0 Å². The van der Waals surface area contributed by atoms with Crippen molar-refractivity contribution >= 4 is 20.7 Å². The SMILES string of the molecule is CCOc1ccc2[nH]cc(S(=O)(=O)c3ccc(OC)cc3)c(=O)c2c1. The minimum Gasteiger partial charge on any atom is -0.497 e. The molecule has 3 aromatic rings.